The molecule has 0 aliphatic carbocycles. The lowest BCUT2D eigenvalue weighted by atomic mass is 10.2. The van der Waals surface area contributed by atoms with Crippen molar-refractivity contribution in [3.8, 4) is 0 Å². The maximum absolute atomic E-state index is 12.6. The van der Waals surface area contributed by atoms with Gasteiger partial charge in [-0.15, -0.1) is 0 Å². The zero-order valence-corrected chi connectivity index (χ0v) is 19.1. The number of anilines is 1. The van der Waals surface area contributed by atoms with Gasteiger partial charge in [-0.05, 0) is 33.6 Å². The van der Waals surface area contributed by atoms with Crippen molar-refractivity contribution >= 4 is 17.9 Å². The molecule has 2 amide bonds. The number of aromatic nitrogens is 2. The van der Waals surface area contributed by atoms with Gasteiger partial charge in [0.05, 0.1) is 5.56 Å². The largest absolute Gasteiger partial charge is 0.444 e. The molecule has 2 rings (SSSR count). The van der Waals surface area contributed by atoms with Crippen molar-refractivity contribution in [2.75, 3.05) is 44.2 Å². The van der Waals surface area contributed by atoms with Crippen LogP contribution < -0.4 is 4.90 Å². The van der Waals surface area contributed by atoms with E-state index in [1.54, 1.807) is 14.7 Å². The number of rotatable bonds is 7. The molecule has 1 aliphatic rings. The summed E-state index contributed by atoms with van der Waals surface area (Å²) in [7, 11) is 0. The van der Waals surface area contributed by atoms with Gasteiger partial charge in [0, 0.05) is 58.1 Å². The fourth-order valence-corrected chi connectivity index (χ4v) is 3.26. The minimum absolute atomic E-state index is 0.0152. The Kier molecular flexibility index (Phi) is 8.68. The number of amides is 2. The molecule has 0 unspecified atom stereocenters. The highest BCUT2D eigenvalue weighted by Gasteiger charge is 2.32. The average Bonchev–Trinajstić information content (AvgIpc) is 2.71. The monoisotopic (exact) mass is 459 g/mol. The minimum atomic E-state index is -4.47. The molecule has 0 saturated carbocycles. The van der Waals surface area contributed by atoms with Gasteiger partial charge in [-0.1, -0.05) is 6.92 Å². The van der Waals surface area contributed by atoms with E-state index in [0.717, 1.165) is 18.8 Å². The maximum Gasteiger partial charge on any atom is 0.419 e. The Labute approximate surface area is 186 Å². The third-order valence-electron chi connectivity index (χ3n) is 4.84. The summed E-state index contributed by atoms with van der Waals surface area (Å²) in [5.41, 5.74) is -1.46. The van der Waals surface area contributed by atoms with Crippen LogP contribution in [0.5, 0.6) is 0 Å². The second kappa shape index (κ2) is 10.8. The molecule has 1 aliphatic heterocycles. The van der Waals surface area contributed by atoms with Crippen molar-refractivity contribution in [2.24, 2.45) is 0 Å². The highest BCUT2D eigenvalue weighted by atomic mass is 19.4. The highest BCUT2D eigenvalue weighted by molar-refractivity contribution is 5.76. The predicted octanol–water partition coefficient (Wildman–Crippen LogP) is 3.57. The molecule has 1 aromatic heterocycles. The van der Waals surface area contributed by atoms with Crippen molar-refractivity contribution in [3.63, 3.8) is 0 Å². The van der Waals surface area contributed by atoms with Crippen LogP contribution in [0, 0.1) is 0 Å². The molecule has 0 N–H and O–H groups in total. The molecule has 0 atom stereocenters. The number of ether oxygens (including phenoxy) is 1. The number of piperazine rings is 1. The summed E-state index contributed by atoms with van der Waals surface area (Å²) in [6.45, 7) is 10.2. The third kappa shape index (κ3) is 7.83. The first-order chi connectivity index (χ1) is 14.9. The first kappa shape index (κ1) is 25.7. The van der Waals surface area contributed by atoms with Gasteiger partial charge in [0.25, 0.3) is 0 Å². The third-order valence-corrected chi connectivity index (χ3v) is 4.84. The molecular weight excluding hydrogens is 427 g/mol. The lowest BCUT2D eigenvalue weighted by Gasteiger charge is -2.35. The summed E-state index contributed by atoms with van der Waals surface area (Å²) in [4.78, 5) is 37.6. The van der Waals surface area contributed by atoms with Crippen LogP contribution in [0.4, 0.5) is 23.9 Å². The number of hydrogen-bond donors (Lipinski definition) is 0. The number of carbonyl (C=O) groups is 2. The van der Waals surface area contributed by atoms with E-state index in [1.165, 1.54) is 0 Å². The van der Waals surface area contributed by atoms with Gasteiger partial charge < -0.3 is 19.4 Å². The van der Waals surface area contributed by atoms with Crippen LogP contribution >= 0.6 is 0 Å². The standard InChI is InChI=1S/C21H32F3N5O3/c1-5-8-29(19(31)32-20(2,3)4)9-6-7-17(30)27-10-12-28(13-11-27)18-25-14-16(15-26-18)21(22,23)24/h14-15H,5-13H2,1-4H3. The number of halogens is 3. The van der Waals surface area contributed by atoms with E-state index in [4.69, 9.17) is 4.74 Å². The molecular formula is C21H32F3N5O3. The second-order valence-electron chi connectivity index (χ2n) is 8.71. The zero-order chi connectivity index (χ0) is 23.9. The van der Waals surface area contributed by atoms with E-state index in [0.29, 0.717) is 52.1 Å². The SMILES string of the molecule is CCCN(CCCC(=O)N1CCN(c2ncc(C(F)(F)F)cn2)CC1)C(=O)OC(C)(C)C. The van der Waals surface area contributed by atoms with Gasteiger partial charge >= 0.3 is 12.3 Å². The second-order valence-corrected chi connectivity index (χ2v) is 8.71. The van der Waals surface area contributed by atoms with E-state index in [1.807, 2.05) is 27.7 Å². The van der Waals surface area contributed by atoms with Gasteiger partial charge in [0.15, 0.2) is 0 Å². The molecule has 1 saturated heterocycles. The Hall–Kier alpha value is -2.59. The Morgan fingerprint density at radius 3 is 2.16 bits per heavy atom. The van der Waals surface area contributed by atoms with Crippen LogP contribution in [0.15, 0.2) is 12.4 Å². The number of hydrogen-bond acceptors (Lipinski definition) is 6. The lowest BCUT2D eigenvalue weighted by molar-refractivity contribution is -0.138. The van der Waals surface area contributed by atoms with E-state index >= 15 is 0 Å². The van der Waals surface area contributed by atoms with E-state index in [2.05, 4.69) is 9.97 Å². The first-order valence-electron chi connectivity index (χ1n) is 10.8. The quantitative estimate of drug-likeness (QED) is 0.620. The van der Waals surface area contributed by atoms with Crippen molar-refractivity contribution in [3.05, 3.63) is 18.0 Å². The summed E-state index contributed by atoms with van der Waals surface area (Å²) in [6, 6.07) is 0. The molecule has 1 fully saturated rings. The van der Waals surface area contributed by atoms with Gasteiger partial charge in [0.2, 0.25) is 11.9 Å². The molecule has 2 heterocycles. The molecule has 0 spiro atoms. The number of nitrogens with zero attached hydrogens (tertiary/aromatic N) is 5. The van der Waals surface area contributed by atoms with Crippen molar-refractivity contribution in [1.82, 2.24) is 19.8 Å². The summed E-state index contributed by atoms with van der Waals surface area (Å²) in [6.07, 6.45) is -1.68. The van der Waals surface area contributed by atoms with Crippen LogP contribution in [0.2, 0.25) is 0 Å². The summed E-state index contributed by atoms with van der Waals surface area (Å²) >= 11 is 0. The Bertz CT molecular complexity index is 757. The first-order valence-corrected chi connectivity index (χ1v) is 10.8. The topological polar surface area (TPSA) is 78.9 Å². The molecule has 0 bridgehead atoms. The van der Waals surface area contributed by atoms with Crippen molar-refractivity contribution in [2.45, 2.75) is 58.7 Å². The molecule has 1 aromatic rings. The zero-order valence-electron chi connectivity index (χ0n) is 19.1. The van der Waals surface area contributed by atoms with Crippen LogP contribution in [0.25, 0.3) is 0 Å². The Morgan fingerprint density at radius 2 is 1.66 bits per heavy atom. The average molecular weight is 460 g/mol. The molecule has 32 heavy (non-hydrogen) atoms. The molecule has 180 valence electrons. The summed E-state index contributed by atoms with van der Waals surface area (Å²) in [5.74, 6) is 0.205. The van der Waals surface area contributed by atoms with Crippen LogP contribution in [-0.4, -0.2) is 76.6 Å². The fraction of sp³-hybridized carbons (Fsp3) is 0.714. The molecule has 8 nitrogen and oxygen atoms in total. The van der Waals surface area contributed by atoms with E-state index < -0.39 is 17.3 Å². The lowest BCUT2D eigenvalue weighted by Crippen LogP contribution is -2.49. The predicted molar refractivity (Wildman–Crippen MR) is 113 cm³/mol. The normalized spacial score (nSPS) is 15.0. The van der Waals surface area contributed by atoms with Crippen LogP contribution in [-0.2, 0) is 15.7 Å². The highest BCUT2D eigenvalue weighted by Crippen LogP contribution is 2.28. The summed E-state index contributed by atoms with van der Waals surface area (Å²) in [5, 5.41) is 0. The van der Waals surface area contributed by atoms with Gasteiger partial charge in [-0.3, -0.25) is 4.79 Å². The Morgan fingerprint density at radius 1 is 1.06 bits per heavy atom. The summed E-state index contributed by atoms with van der Waals surface area (Å²) < 4.78 is 43.4. The smallest absolute Gasteiger partial charge is 0.419 e. The number of alkyl halides is 3. The molecule has 0 aromatic carbocycles. The van der Waals surface area contributed by atoms with Gasteiger partial charge in [-0.2, -0.15) is 13.2 Å². The van der Waals surface area contributed by atoms with E-state index in [-0.39, 0.29) is 17.9 Å². The molecule has 11 heteroatoms. The maximum atomic E-state index is 12.6. The fourth-order valence-electron chi connectivity index (χ4n) is 3.26. The van der Waals surface area contributed by atoms with Crippen LogP contribution in [0.3, 0.4) is 0 Å². The van der Waals surface area contributed by atoms with Gasteiger partial charge in [0.1, 0.15) is 5.60 Å². The molecule has 0 radical (unpaired) electrons. The Balaban J connectivity index is 1.79. The minimum Gasteiger partial charge on any atom is -0.444 e. The van der Waals surface area contributed by atoms with E-state index in [9.17, 15) is 22.8 Å². The van der Waals surface area contributed by atoms with Crippen molar-refractivity contribution in [1.29, 1.82) is 0 Å². The van der Waals surface area contributed by atoms with Gasteiger partial charge in [-0.25, -0.2) is 14.8 Å². The van der Waals surface area contributed by atoms with Crippen LogP contribution in [0.1, 0.15) is 52.5 Å². The van der Waals surface area contributed by atoms with Crippen molar-refractivity contribution < 1.29 is 27.5 Å². The number of carbonyl (C=O) groups excluding carboxylic acids is 2.